The highest BCUT2D eigenvalue weighted by atomic mass is 32.2. The summed E-state index contributed by atoms with van der Waals surface area (Å²) >= 11 is 3.43. The average Bonchev–Trinajstić information content (AvgIpc) is 2.85. The standard InChI is InChI=1S/C12H15N3S2/c1-2-16-12-14-7-10(8-15-12)6-13-9-11-4-3-5-17-11/h3-5,7-8,13H,2,6,9H2,1H3. The second-order valence-corrected chi connectivity index (χ2v) is 5.75. The van der Waals surface area contributed by atoms with Gasteiger partial charge in [0.25, 0.3) is 0 Å². The molecule has 1 N–H and O–H groups in total. The highest BCUT2D eigenvalue weighted by Gasteiger charge is 1.98. The maximum Gasteiger partial charge on any atom is 0.187 e. The Bertz CT molecular complexity index is 426. The van der Waals surface area contributed by atoms with E-state index < -0.39 is 0 Å². The number of aromatic nitrogens is 2. The van der Waals surface area contributed by atoms with Crippen LogP contribution in [0.1, 0.15) is 17.4 Å². The van der Waals surface area contributed by atoms with Crippen LogP contribution in [0.5, 0.6) is 0 Å². The fourth-order valence-electron chi connectivity index (χ4n) is 1.38. The van der Waals surface area contributed by atoms with Gasteiger partial charge in [-0.1, -0.05) is 24.8 Å². The lowest BCUT2D eigenvalue weighted by atomic mass is 10.3. The highest BCUT2D eigenvalue weighted by molar-refractivity contribution is 7.99. The van der Waals surface area contributed by atoms with Crippen molar-refractivity contribution in [3.8, 4) is 0 Å². The summed E-state index contributed by atoms with van der Waals surface area (Å²) in [6.45, 7) is 3.82. The minimum absolute atomic E-state index is 0.814. The molecule has 0 fully saturated rings. The lowest BCUT2D eigenvalue weighted by molar-refractivity contribution is 0.692. The molecule has 90 valence electrons. The van der Waals surface area contributed by atoms with Crippen LogP contribution >= 0.6 is 23.1 Å². The first-order valence-corrected chi connectivity index (χ1v) is 7.42. The number of rotatable bonds is 6. The number of hydrogen-bond acceptors (Lipinski definition) is 5. The molecule has 2 heterocycles. The van der Waals surface area contributed by atoms with Crippen molar-refractivity contribution < 1.29 is 0 Å². The van der Waals surface area contributed by atoms with E-state index in [4.69, 9.17) is 0 Å². The lowest BCUT2D eigenvalue weighted by Gasteiger charge is -2.03. The Balaban J connectivity index is 1.79. The van der Waals surface area contributed by atoms with Gasteiger partial charge < -0.3 is 5.32 Å². The molecule has 0 aliphatic rings. The molecule has 0 bridgehead atoms. The molecule has 0 aromatic carbocycles. The van der Waals surface area contributed by atoms with Crippen molar-refractivity contribution in [2.75, 3.05) is 5.75 Å². The van der Waals surface area contributed by atoms with Gasteiger partial charge >= 0.3 is 0 Å². The lowest BCUT2D eigenvalue weighted by Crippen LogP contribution is -2.12. The first-order valence-electron chi connectivity index (χ1n) is 5.55. The third kappa shape index (κ3) is 4.11. The van der Waals surface area contributed by atoms with E-state index in [0.717, 1.165) is 29.6 Å². The summed E-state index contributed by atoms with van der Waals surface area (Å²) in [5.74, 6) is 1.01. The van der Waals surface area contributed by atoms with Gasteiger partial charge in [0.15, 0.2) is 5.16 Å². The van der Waals surface area contributed by atoms with Gasteiger partial charge in [-0.2, -0.15) is 0 Å². The van der Waals surface area contributed by atoms with Crippen molar-refractivity contribution in [3.05, 3.63) is 40.3 Å². The van der Waals surface area contributed by atoms with E-state index in [9.17, 15) is 0 Å². The van der Waals surface area contributed by atoms with Crippen LogP contribution in [-0.2, 0) is 13.1 Å². The summed E-state index contributed by atoms with van der Waals surface area (Å²) in [7, 11) is 0. The molecular formula is C12H15N3S2. The molecule has 0 saturated heterocycles. The topological polar surface area (TPSA) is 37.8 Å². The molecular weight excluding hydrogens is 250 g/mol. The summed E-state index contributed by atoms with van der Waals surface area (Å²) < 4.78 is 0. The van der Waals surface area contributed by atoms with Crippen molar-refractivity contribution in [1.82, 2.24) is 15.3 Å². The Labute approximate surface area is 110 Å². The van der Waals surface area contributed by atoms with Crippen molar-refractivity contribution in [1.29, 1.82) is 0 Å². The van der Waals surface area contributed by atoms with E-state index in [-0.39, 0.29) is 0 Å². The second kappa shape index (κ2) is 6.74. The zero-order valence-electron chi connectivity index (χ0n) is 9.72. The third-order valence-corrected chi connectivity index (χ3v) is 3.80. The van der Waals surface area contributed by atoms with Crippen LogP contribution < -0.4 is 5.32 Å². The molecule has 2 aromatic heterocycles. The molecule has 5 heteroatoms. The summed E-state index contributed by atoms with van der Waals surface area (Å²) in [5, 5.41) is 6.33. The van der Waals surface area contributed by atoms with Crippen LogP contribution in [0.15, 0.2) is 35.1 Å². The van der Waals surface area contributed by atoms with Gasteiger partial charge in [-0.15, -0.1) is 11.3 Å². The zero-order chi connectivity index (χ0) is 11.9. The smallest absolute Gasteiger partial charge is 0.187 e. The third-order valence-electron chi connectivity index (χ3n) is 2.16. The van der Waals surface area contributed by atoms with Crippen molar-refractivity contribution in [2.24, 2.45) is 0 Å². The average molecular weight is 265 g/mol. The number of nitrogens with one attached hydrogen (secondary N) is 1. The quantitative estimate of drug-likeness (QED) is 0.644. The molecule has 17 heavy (non-hydrogen) atoms. The Kier molecular flexibility index (Phi) is 4.97. The minimum Gasteiger partial charge on any atom is -0.308 e. The number of hydrogen-bond donors (Lipinski definition) is 1. The Morgan fingerprint density at radius 1 is 1.29 bits per heavy atom. The molecule has 0 atom stereocenters. The van der Waals surface area contributed by atoms with Gasteiger partial charge in [-0.3, -0.25) is 0 Å². The van der Waals surface area contributed by atoms with Gasteiger partial charge in [0.2, 0.25) is 0 Å². The molecule has 0 radical (unpaired) electrons. The van der Waals surface area contributed by atoms with Gasteiger partial charge in [-0.05, 0) is 17.2 Å². The molecule has 2 rings (SSSR count). The van der Waals surface area contributed by atoms with E-state index in [1.807, 2.05) is 12.4 Å². The van der Waals surface area contributed by atoms with Crippen LogP contribution in [0.2, 0.25) is 0 Å². The molecule has 3 nitrogen and oxygen atoms in total. The highest BCUT2D eigenvalue weighted by Crippen LogP contribution is 2.11. The number of nitrogens with zero attached hydrogens (tertiary/aromatic N) is 2. The minimum atomic E-state index is 0.814. The SMILES string of the molecule is CCSc1ncc(CNCc2cccs2)cn1. The fraction of sp³-hybridized carbons (Fsp3) is 0.333. The molecule has 0 unspecified atom stereocenters. The zero-order valence-corrected chi connectivity index (χ0v) is 11.4. The monoisotopic (exact) mass is 265 g/mol. The molecule has 0 spiro atoms. The Hall–Kier alpha value is -0.910. The van der Waals surface area contributed by atoms with Gasteiger partial charge in [0.05, 0.1) is 0 Å². The largest absolute Gasteiger partial charge is 0.308 e. The molecule has 2 aromatic rings. The van der Waals surface area contributed by atoms with Gasteiger partial charge in [0.1, 0.15) is 0 Å². The fourth-order valence-corrected chi connectivity index (χ4v) is 2.57. The number of thiophene rings is 1. The maximum absolute atomic E-state index is 4.30. The predicted octanol–water partition coefficient (Wildman–Crippen LogP) is 2.94. The molecule has 0 aliphatic heterocycles. The van der Waals surface area contributed by atoms with E-state index >= 15 is 0 Å². The van der Waals surface area contributed by atoms with Gasteiger partial charge in [-0.25, -0.2) is 9.97 Å². The Morgan fingerprint density at radius 3 is 2.76 bits per heavy atom. The predicted molar refractivity (Wildman–Crippen MR) is 73.3 cm³/mol. The van der Waals surface area contributed by atoms with E-state index in [0.29, 0.717) is 0 Å². The van der Waals surface area contributed by atoms with E-state index in [2.05, 4.69) is 39.7 Å². The van der Waals surface area contributed by atoms with Crippen LogP contribution in [0.4, 0.5) is 0 Å². The molecule has 0 amide bonds. The normalized spacial score (nSPS) is 10.6. The summed E-state index contributed by atoms with van der Waals surface area (Å²) in [6.07, 6.45) is 3.79. The van der Waals surface area contributed by atoms with Gasteiger partial charge in [0, 0.05) is 35.9 Å². The van der Waals surface area contributed by atoms with Crippen LogP contribution in [0, 0.1) is 0 Å². The Morgan fingerprint density at radius 2 is 2.12 bits per heavy atom. The van der Waals surface area contributed by atoms with Crippen molar-refractivity contribution >= 4 is 23.1 Å². The number of thioether (sulfide) groups is 1. The second-order valence-electron chi connectivity index (χ2n) is 3.49. The van der Waals surface area contributed by atoms with E-state index in [1.54, 1.807) is 23.1 Å². The van der Waals surface area contributed by atoms with Crippen molar-refractivity contribution in [3.63, 3.8) is 0 Å². The summed E-state index contributed by atoms with van der Waals surface area (Å²) in [4.78, 5) is 9.95. The summed E-state index contributed by atoms with van der Waals surface area (Å²) in [5.41, 5.74) is 1.13. The first-order chi connectivity index (χ1) is 8.38. The van der Waals surface area contributed by atoms with Crippen molar-refractivity contribution in [2.45, 2.75) is 25.2 Å². The summed E-state index contributed by atoms with van der Waals surface area (Å²) in [6, 6.07) is 4.21. The first kappa shape index (κ1) is 12.5. The van der Waals surface area contributed by atoms with Crippen LogP contribution in [0.3, 0.4) is 0 Å². The molecule has 0 aliphatic carbocycles. The maximum atomic E-state index is 4.30. The molecule has 0 saturated carbocycles. The van der Waals surface area contributed by atoms with Crippen LogP contribution in [0.25, 0.3) is 0 Å². The van der Waals surface area contributed by atoms with Crippen LogP contribution in [-0.4, -0.2) is 15.7 Å². The van der Waals surface area contributed by atoms with E-state index in [1.165, 1.54) is 4.88 Å².